The normalized spacial score (nSPS) is 10.7. The predicted molar refractivity (Wildman–Crippen MR) is 88.9 cm³/mol. The van der Waals surface area contributed by atoms with Crippen molar-refractivity contribution in [1.82, 2.24) is 19.7 Å². The third-order valence-electron chi connectivity index (χ3n) is 3.86. The van der Waals surface area contributed by atoms with Crippen molar-refractivity contribution >= 4 is 16.6 Å². The summed E-state index contributed by atoms with van der Waals surface area (Å²) < 4.78 is 15.7. The molecule has 122 valence electrons. The number of hydrogen-bond donors (Lipinski definition) is 1. The molecule has 0 bridgehead atoms. The van der Waals surface area contributed by atoms with Crippen LogP contribution in [0.4, 0.5) is 10.1 Å². The zero-order valence-electron chi connectivity index (χ0n) is 13.3. The van der Waals surface area contributed by atoms with Gasteiger partial charge in [0, 0.05) is 24.7 Å². The summed E-state index contributed by atoms with van der Waals surface area (Å²) in [7, 11) is 0. The average Bonchev–Trinajstić information content (AvgIpc) is 3.08. The molecule has 7 heteroatoms. The number of aromatic nitrogens is 4. The lowest BCUT2D eigenvalue weighted by atomic mass is 10.1. The first-order chi connectivity index (χ1) is 11.7. The molecule has 6 nitrogen and oxygen atoms in total. The van der Waals surface area contributed by atoms with Crippen molar-refractivity contribution in [3.63, 3.8) is 0 Å². The molecular formula is C17H17FN6. The molecule has 0 aliphatic carbocycles. The molecule has 0 amide bonds. The molecule has 2 aromatic heterocycles. The Balaban J connectivity index is 1.74. The first-order valence-corrected chi connectivity index (χ1v) is 7.74. The second-order valence-electron chi connectivity index (χ2n) is 5.61. The SMILES string of the molecule is Cc1cc(F)cc2c(NCCCCn3cnnc3)c(C#N)cnc12. The molecule has 0 saturated carbocycles. The van der Waals surface area contributed by atoms with E-state index in [0.29, 0.717) is 28.7 Å². The van der Waals surface area contributed by atoms with Crippen LogP contribution in [0.1, 0.15) is 24.0 Å². The standard InChI is InChI=1S/C17H17FN6/c1-12-6-14(18)7-15-16(12)21-9-13(8-19)17(15)20-4-2-3-5-24-10-22-23-11-24/h6-7,9-11H,2-5H2,1H3,(H,20,21). The average molecular weight is 324 g/mol. The molecular weight excluding hydrogens is 307 g/mol. The molecule has 2 heterocycles. The van der Waals surface area contributed by atoms with E-state index < -0.39 is 0 Å². The number of anilines is 1. The maximum Gasteiger partial charge on any atom is 0.124 e. The Bertz CT molecular complexity index is 882. The number of rotatable bonds is 6. The van der Waals surface area contributed by atoms with E-state index >= 15 is 0 Å². The van der Waals surface area contributed by atoms with Crippen LogP contribution < -0.4 is 5.32 Å². The molecule has 0 unspecified atom stereocenters. The topological polar surface area (TPSA) is 79.4 Å². The highest BCUT2D eigenvalue weighted by Gasteiger charge is 2.11. The summed E-state index contributed by atoms with van der Waals surface area (Å²) in [5.74, 6) is -0.326. The van der Waals surface area contributed by atoms with Gasteiger partial charge < -0.3 is 9.88 Å². The fraction of sp³-hybridized carbons (Fsp3) is 0.294. The first-order valence-electron chi connectivity index (χ1n) is 7.74. The van der Waals surface area contributed by atoms with Gasteiger partial charge in [-0.05, 0) is 37.5 Å². The number of unbranched alkanes of at least 4 members (excludes halogenated alkanes) is 1. The third kappa shape index (κ3) is 3.33. The molecule has 0 spiro atoms. The molecule has 3 aromatic rings. The highest BCUT2D eigenvalue weighted by molar-refractivity contribution is 5.95. The van der Waals surface area contributed by atoms with E-state index in [1.807, 2.05) is 11.5 Å². The summed E-state index contributed by atoms with van der Waals surface area (Å²) >= 11 is 0. The van der Waals surface area contributed by atoms with Gasteiger partial charge in [0.05, 0.1) is 16.8 Å². The van der Waals surface area contributed by atoms with Gasteiger partial charge in [-0.2, -0.15) is 5.26 Å². The van der Waals surface area contributed by atoms with Gasteiger partial charge in [0.2, 0.25) is 0 Å². The van der Waals surface area contributed by atoms with Crippen LogP contribution in [0.15, 0.2) is 31.0 Å². The minimum Gasteiger partial charge on any atom is -0.383 e. The Morgan fingerprint density at radius 3 is 2.79 bits per heavy atom. The maximum absolute atomic E-state index is 13.8. The molecule has 1 N–H and O–H groups in total. The number of fused-ring (bicyclic) bond motifs is 1. The molecule has 0 saturated heterocycles. The van der Waals surface area contributed by atoms with E-state index in [4.69, 9.17) is 0 Å². The Labute approximate surface area is 139 Å². The molecule has 3 rings (SSSR count). The van der Waals surface area contributed by atoms with E-state index in [0.717, 1.165) is 24.9 Å². The fourth-order valence-corrected chi connectivity index (χ4v) is 2.68. The van der Waals surface area contributed by atoms with Crippen LogP contribution in [0.25, 0.3) is 10.9 Å². The Morgan fingerprint density at radius 2 is 2.04 bits per heavy atom. The van der Waals surface area contributed by atoms with Gasteiger partial charge in [0.15, 0.2) is 0 Å². The summed E-state index contributed by atoms with van der Waals surface area (Å²) in [4.78, 5) is 4.29. The van der Waals surface area contributed by atoms with Crippen LogP contribution in [0.2, 0.25) is 0 Å². The first kappa shape index (κ1) is 15.9. The number of benzene rings is 1. The lowest BCUT2D eigenvalue weighted by molar-refractivity contribution is 0.619. The van der Waals surface area contributed by atoms with Gasteiger partial charge in [-0.3, -0.25) is 4.98 Å². The van der Waals surface area contributed by atoms with Gasteiger partial charge in [-0.15, -0.1) is 10.2 Å². The fourth-order valence-electron chi connectivity index (χ4n) is 2.68. The number of nitrogens with zero attached hydrogens (tertiary/aromatic N) is 5. The second-order valence-corrected chi connectivity index (χ2v) is 5.61. The van der Waals surface area contributed by atoms with Crippen LogP contribution in [0, 0.1) is 24.1 Å². The zero-order chi connectivity index (χ0) is 16.9. The van der Waals surface area contributed by atoms with Gasteiger partial charge in [0.1, 0.15) is 24.5 Å². The van der Waals surface area contributed by atoms with Crippen molar-refractivity contribution in [2.75, 3.05) is 11.9 Å². The maximum atomic E-state index is 13.8. The molecule has 24 heavy (non-hydrogen) atoms. The van der Waals surface area contributed by atoms with E-state index in [-0.39, 0.29) is 5.82 Å². The van der Waals surface area contributed by atoms with E-state index in [9.17, 15) is 9.65 Å². The number of halogens is 1. The van der Waals surface area contributed by atoms with Crippen molar-refractivity contribution in [3.05, 3.63) is 47.9 Å². The minimum absolute atomic E-state index is 0.326. The second kappa shape index (κ2) is 7.04. The lowest BCUT2D eigenvalue weighted by Crippen LogP contribution is -2.06. The summed E-state index contributed by atoms with van der Waals surface area (Å²) in [6.45, 7) is 3.34. The molecule has 0 fully saturated rings. The van der Waals surface area contributed by atoms with Crippen LogP contribution in [-0.4, -0.2) is 26.3 Å². The summed E-state index contributed by atoms with van der Waals surface area (Å²) in [6, 6.07) is 5.00. The van der Waals surface area contributed by atoms with Gasteiger partial charge >= 0.3 is 0 Å². The minimum atomic E-state index is -0.326. The highest BCUT2D eigenvalue weighted by atomic mass is 19.1. The van der Waals surface area contributed by atoms with Crippen molar-refractivity contribution in [1.29, 1.82) is 5.26 Å². The van der Waals surface area contributed by atoms with Gasteiger partial charge in [0.25, 0.3) is 0 Å². The lowest BCUT2D eigenvalue weighted by Gasteiger charge is -2.12. The summed E-state index contributed by atoms with van der Waals surface area (Å²) in [6.07, 6.45) is 6.75. The van der Waals surface area contributed by atoms with E-state index in [1.54, 1.807) is 12.7 Å². The molecule has 1 aromatic carbocycles. The van der Waals surface area contributed by atoms with Crippen LogP contribution in [0.5, 0.6) is 0 Å². The number of hydrogen-bond acceptors (Lipinski definition) is 5. The van der Waals surface area contributed by atoms with E-state index in [1.165, 1.54) is 18.3 Å². The smallest absolute Gasteiger partial charge is 0.124 e. The van der Waals surface area contributed by atoms with E-state index in [2.05, 4.69) is 26.6 Å². The highest BCUT2D eigenvalue weighted by Crippen LogP contribution is 2.28. The third-order valence-corrected chi connectivity index (χ3v) is 3.86. The van der Waals surface area contributed by atoms with Crippen molar-refractivity contribution in [2.24, 2.45) is 0 Å². The summed E-state index contributed by atoms with van der Waals surface area (Å²) in [5.41, 5.74) is 2.54. The zero-order valence-corrected chi connectivity index (χ0v) is 13.3. The predicted octanol–water partition coefficient (Wildman–Crippen LogP) is 3.04. The Morgan fingerprint density at radius 1 is 1.25 bits per heavy atom. The molecule has 0 atom stereocenters. The molecule has 0 aliphatic heterocycles. The number of aryl methyl sites for hydroxylation is 2. The van der Waals surface area contributed by atoms with Crippen LogP contribution in [-0.2, 0) is 6.54 Å². The van der Waals surface area contributed by atoms with Crippen molar-refractivity contribution in [3.8, 4) is 6.07 Å². The largest absolute Gasteiger partial charge is 0.383 e. The Hall–Kier alpha value is -3.01. The van der Waals surface area contributed by atoms with Crippen molar-refractivity contribution in [2.45, 2.75) is 26.3 Å². The quantitative estimate of drug-likeness (QED) is 0.705. The number of nitrogens with one attached hydrogen (secondary N) is 1. The number of pyridine rings is 1. The summed E-state index contributed by atoms with van der Waals surface area (Å²) in [5, 5.41) is 20.7. The van der Waals surface area contributed by atoms with Crippen LogP contribution >= 0.6 is 0 Å². The van der Waals surface area contributed by atoms with Gasteiger partial charge in [-0.25, -0.2) is 4.39 Å². The van der Waals surface area contributed by atoms with Crippen LogP contribution in [0.3, 0.4) is 0 Å². The Kier molecular flexibility index (Phi) is 4.66. The molecule has 0 radical (unpaired) electrons. The molecule has 0 aliphatic rings. The monoisotopic (exact) mass is 324 g/mol. The number of nitriles is 1. The van der Waals surface area contributed by atoms with Gasteiger partial charge in [-0.1, -0.05) is 0 Å². The van der Waals surface area contributed by atoms with Crippen molar-refractivity contribution < 1.29 is 4.39 Å².